The highest BCUT2D eigenvalue weighted by atomic mass is 19.4. The van der Waals surface area contributed by atoms with Crippen LogP contribution in [0.4, 0.5) is 17.6 Å². The Morgan fingerprint density at radius 2 is 1.82 bits per heavy atom. The fraction of sp³-hybridized carbons (Fsp3) is 0.500. The molecule has 0 unspecified atom stereocenters. The first-order valence-corrected chi connectivity index (χ1v) is 10.5. The van der Waals surface area contributed by atoms with Gasteiger partial charge in [0.1, 0.15) is 5.82 Å². The quantitative estimate of drug-likeness (QED) is 0.644. The van der Waals surface area contributed by atoms with Gasteiger partial charge in [0, 0.05) is 43.8 Å². The van der Waals surface area contributed by atoms with Gasteiger partial charge in [0.15, 0.2) is 5.82 Å². The number of imidazole rings is 1. The number of carbonyl (C=O) groups is 2. The average Bonchev–Trinajstić information content (AvgIpc) is 3.11. The second-order valence-electron chi connectivity index (χ2n) is 8.22. The van der Waals surface area contributed by atoms with Crippen molar-refractivity contribution in [1.82, 2.24) is 19.8 Å². The molecule has 2 heterocycles. The van der Waals surface area contributed by atoms with Gasteiger partial charge in [0.25, 0.3) is 5.91 Å². The van der Waals surface area contributed by atoms with E-state index in [2.05, 4.69) is 42.9 Å². The summed E-state index contributed by atoms with van der Waals surface area (Å²) in [5, 5.41) is 10.0. The molecule has 1 aromatic heterocycles. The van der Waals surface area contributed by atoms with Gasteiger partial charge >= 0.3 is 12.1 Å². The maximum Gasteiger partial charge on any atom is 0.490 e. The van der Waals surface area contributed by atoms with E-state index in [1.165, 1.54) is 12.1 Å². The van der Waals surface area contributed by atoms with Crippen LogP contribution in [0, 0.1) is 5.82 Å². The van der Waals surface area contributed by atoms with E-state index in [0.29, 0.717) is 11.9 Å². The summed E-state index contributed by atoms with van der Waals surface area (Å²) in [7, 11) is 0. The lowest BCUT2D eigenvalue weighted by molar-refractivity contribution is -0.192. The molecule has 1 aliphatic rings. The molecule has 0 saturated carbocycles. The molecule has 1 aromatic carbocycles. The average molecular weight is 472 g/mol. The normalized spacial score (nSPS) is 14.0. The van der Waals surface area contributed by atoms with Crippen LogP contribution in [-0.2, 0) is 24.3 Å². The van der Waals surface area contributed by atoms with Crippen LogP contribution in [0.15, 0.2) is 24.3 Å². The molecule has 0 saturated heterocycles. The molecule has 1 amide bonds. The first-order chi connectivity index (χ1) is 15.3. The van der Waals surface area contributed by atoms with Gasteiger partial charge in [-0.2, -0.15) is 13.2 Å². The van der Waals surface area contributed by atoms with Gasteiger partial charge in [-0.05, 0) is 45.4 Å². The number of hydrogen-bond donors (Lipinski definition) is 2. The van der Waals surface area contributed by atoms with E-state index in [4.69, 9.17) is 9.90 Å². The number of alkyl halides is 3. The van der Waals surface area contributed by atoms with Gasteiger partial charge in [-0.15, -0.1) is 0 Å². The molecule has 33 heavy (non-hydrogen) atoms. The van der Waals surface area contributed by atoms with Crippen molar-refractivity contribution in [2.24, 2.45) is 0 Å². The monoisotopic (exact) mass is 472 g/mol. The van der Waals surface area contributed by atoms with Gasteiger partial charge in [0.2, 0.25) is 0 Å². The zero-order chi connectivity index (χ0) is 24.9. The van der Waals surface area contributed by atoms with Crippen LogP contribution in [0.2, 0.25) is 0 Å². The Balaban J connectivity index is 0.000000479. The number of carbonyl (C=O) groups excluding carboxylic acids is 1. The molecule has 0 bridgehead atoms. The number of amides is 1. The highest BCUT2D eigenvalue weighted by Gasteiger charge is 2.38. The molecule has 0 fully saturated rings. The second-order valence-corrected chi connectivity index (χ2v) is 8.22. The van der Waals surface area contributed by atoms with Crippen molar-refractivity contribution in [3.05, 3.63) is 52.9 Å². The number of carboxylic acid groups (broad SMARTS) is 1. The molecule has 2 N–H and O–H groups in total. The van der Waals surface area contributed by atoms with Crippen molar-refractivity contribution in [2.75, 3.05) is 6.54 Å². The van der Waals surface area contributed by atoms with Gasteiger partial charge in [0.05, 0.1) is 5.69 Å². The van der Waals surface area contributed by atoms with Crippen LogP contribution in [0.5, 0.6) is 0 Å². The van der Waals surface area contributed by atoms with E-state index < -0.39 is 12.1 Å². The summed E-state index contributed by atoms with van der Waals surface area (Å²) in [5.41, 5.74) is 2.89. The highest BCUT2D eigenvalue weighted by molar-refractivity contribution is 5.91. The molecule has 7 nitrogen and oxygen atoms in total. The number of aliphatic carboxylic acids is 1. The fourth-order valence-corrected chi connectivity index (χ4v) is 3.49. The van der Waals surface area contributed by atoms with Crippen LogP contribution in [0.1, 0.15) is 61.3 Å². The second kappa shape index (κ2) is 10.8. The van der Waals surface area contributed by atoms with Crippen LogP contribution in [0.3, 0.4) is 0 Å². The highest BCUT2D eigenvalue weighted by Crippen LogP contribution is 2.25. The molecule has 0 spiro atoms. The van der Waals surface area contributed by atoms with E-state index in [-0.39, 0.29) is 24.3 Å². The minimum absolute atomic E-state index is 0.159. The Kier molecular flexibility index (Phi) is 8.59. The topological polar surface area (TPSA) is 87.5 Å². The van der Waals surface area contributed by atoms with Crippen LogP contribution < -0.4 is 5.32 Å². The minimum atomic E-state index is -5.08. The SMILES string of the molecule is CC(C)N1CCc2c(nc(C(=O)NCc3cccc(F)c3)n2C(C)C)C1.O=C(O)C(F)(F)F. The molecule has 2 aromatic rings. The smallest absolute Gasteiger partial charge is 0.475 e. The summed E-state index contributed by atoms with van der Waals surface area (Å²) >= 11 is 0. The van der Waals surface area contributed by atoms with Crippen molar-refractivity contribution in [3.63, 3.8) is 0 Å². The fourth-order valence-electron chi connectivity index (χ4n) is 3.49. The molecule has 0 aliphatic carbocycles. The third-order valence-electron chi connectivity index (χ3n) is 5.12. The Hall–Kier alpha value is -2.95. The van der Waals surface area contributed by atoms with Crippen LogP contribution in [-0.4, -0.2) is 50.2 Å². The van der Waals surface area contributed by atoms with E-state index in [9.17, 15) is 22.4 Å². The van der Waals surface area contributed by atoms with E-state index >= 15 is 0 Å². The summed E-state index contributed by atoms with van der Waals surface area (Å²) in [4.78, 5) is 28.7. The van der Waals surface area contributed by atoms with Crippen molar-refractivity contribution < 1.29 is 32.3 Å². The lowest BCUT2D eigenvalue weighted by Crippen LogP contribution is -2.36. The Morgan fingerprint density at radius 3 is 2.33 bits per heavy atom. The number of benzene rings is 1. The molecular weight excluding hydrogens is 444 g/mol. The predicted octanol–water partition coefficient (Wildman–Crippen LogP) is 3.93. The summed E-state index contributed by atoms with van der Waals surface area (Å²) < 4.78 is 47.1. The summed E-state index contributed by atoms with van der Waals surface area (Å²) in [6.07, 6.45) is -4.18. The van der Waals surface area contributed by atoms with E-state index in [0.717, 1.165) is 36.5 Å². The first kappa shape index (κ1) is 26.3. The van der Waals surface area contributed by atoms with Crippen molar-refractivity contribution in [2.45, 2.75) is 65.5 Å². The number of carboxylic acids is 1. The molecule has 182 valence electrons. The van der Waals surface area contributed by atoms with Gasteiger partial charge in [-0.25, -0.2) is 14.2 Å². The minimum Gasteiger partial charge on any atom is -0.475 e. The van der Waals surface area contributed by atoms with Crippen LogP contribution >= 0.6 is 0 Å². The summed E-state index contributed by atoms with van der Waals surface area (Å²) in [6.45, 7) is 10.5. The summed E-state index contributed by atoms with van der Waals surface area (Å²) in [6, 6.07) is 6.88. The Morgan fingerprint density at radius 1 is 1.18 bits per heavy atom. The van der Waals surface area contributed by atoms with Crippen molar-refractivity contribution >= 4 is 11.9 Å². The Bertz CT molecular complexity index is 987. The molecule has 0 radical (unpaired) electrons. The Labute approximate surface area is 189 Å². The largest absolute Gasteiger partial charge is 0.490 e. The summed E-state index contributed by atoms with van der Waals surface area (Å²) in [5.74, 6) is -2.82. The number of rotatable bonds is 5. The predicted molar refractivity (Wildman–Crippen MR) is 113 cm³/mol. The maximum absolute atomic E-state index is 13.3. The van der Waals surface area contributed by atoms with Gasteiger partial charge < -0.3 is 15.0 Å². The number of halogens is 4. The standard InChI is InChI=1S/C20H27FN4O.C2HF3O2/c1-13(2)24-9-8-18-17(12-24)23-19(25(18)14(3)4)20(26)22-11-15-6-5-7-16(21)10-15;3-2(4,5)1(6)7/h5-7,10,13-14H,8-9,11-12H2,1-4H3,(H,22,26);(H,6,7). The van der Waals surface area contributed by atoms with E-state index in [1.54, 1.807) is 12.1 Å². The first-order valence-electron chi connectivity index (χ1n) is 10.5. The third kappa shape index (κ3) is 7.01. The van der Waals surface area contributed by atoms with Crippen molar-refractivity contribution in [3.8, 4) is 0 Å². The lowest BCUT2D eigenvalue weighted by atomic mass is 10.1. The number of aromatic nitrogens is 2. The number of fused-ring (bicyclic) bond motifs is 1. The molecular formula is C22H28F4N4O3. The number of hydrogen-bond acceptors (Lipinski definition) is 4. The van der Waals surface area contributed by atoms with Crippen molar-refractivity contribution in [1.29, 1.82) is 0 Å². The molecule has 3 rings (SSSR count). The number of nitrogens with zero attached hydrogens (tertiary/aromatic N) is 3. The maximum atomic E-state index is 13.3. The van der Waals surface area contributed by atoms with Crippen LogP contribution in [0.25, 0.3) is 0 Å². The third-order valence-corrected chi connectivity index (χ3v) is 5.12. The van der Waals surface area contributed by atoms with Gasteiger partial charge in [-0.3, -0.25) is 9.69 Å². The zero-order valence-electron chi connectivity index (χ0n) is 18.9. The van der Waals surface area contributed by atoms with Gasteiger partial charge in [-0.1, -0.05) is 12.1 Å². The number of nitrogens with one attached hydrogen (secondary N) is 1. The molecule has 0 atom stereocenters. The zero-order valence-corrected chi connectivity index (χ0v) is 18.9. The van der Waals surface area contributed by atoms with E-state index in [1.807, 2.05) is 4.57 Å². The molecule has 1 aliphatic heterocycles. The lowest BCUT2D eigenvalue weighted by Gasteiger charge is -2.30. The molecule has 11 heteroatoms.